The number of nitrogens with one attached hydrogen (secondary N) is 1. The second-order valence-electron chi connectivity index (χ2n) is 4.11. The number of hydrogen-bond acceptors (Lipinski definition) is 4. The van der Waals surface area contributed by atoms with Gasteiger partial charge in [0.2, 0.25) is 0 Å². The molecule has 16 heavy (non-hydrogen) atoms. The minimum atomic E-state index is 0.530. The van der Waals surface area contributed by atoms with E-state index in [4.69, 9.17) is 12.2 Å². The van der Waals surface area contributed by atoms with Gasteiger partial charge in [0.1, 0.15) is 5.69 Å². The first-order chi connectivity index (χ1) is 7.58. The van der Waals surface area contributed by atoms with E-state index in [-0.39, 0.29) is 0 Å². The summed E-state index contributed by atoms with van der Waals surface area (Å²) < 4.78 is 2.67. The largest absolute Gasteiger partial charge is 0.299 e. The zero-order valence-electron chi connectivity index (χ0n) is 9.52. The Morgan fingerprint density at radius 3 is 2.88 bits per heavy atom. The molecule has 0 bridgehead atoms. The monoisotopic (exact) mass is 254 g/mol. The number of rotatable bonds is 3. The van der Waals surface area contributed by atoms with Crippen molar-refractivity contribution in [3.8, 4) is 11.5 Å². The fourth-order valence-corrected chi connectivity index (χ4v) is 2.31. The Morgan fingerprint density at radius 1 is 1.56 bits per heavy atom. The lowest BCUT2D eigenvalue weighted by atomic mass is 10.2. The third kappa shape index (κ3) is 2.22. The van der Waals surface area contributed by atoms with Gasteiger partial charge in [-0.05, 0) is 25.1 Å². The van der Waals surface area contributed by atoms with Crippen LogP contribution in [0.3, 0.4) is 0 Å². The molecule has 2 aromatic rings. The molecule has 0 fully saturated rings. The van der Waals surface area contributed by atoms with Gasteiger partial charge in [-0.2, -0.15) is 5.10 Å². The number of nitrogens with zero attached hydrogens (tertiary/aromatic N) is 3. The van der Waals surface area contributed by atoms with E-state index < -0.39 is 0 Å². The number of aromatic nitrogens is 4. The summed E-state index contributed by atoms with van der Waals surface area (Å²) in [5, 5.41) is 10.1. The molecule has 0 saturated carbocycles. The van der Waals surface area contributed by atoms with Crippen molar-refractivity contribution in [2.45, 2.75) is 27.3 Å². The fraction of sp³-hybridized carbons (Fsp3) is 0.500. The molecule has 0 aromatic carbocycles. The topological polar surface area (TPSA) is 46.5 Å². The van der Waals surface area contributed by atoms with E-state index in [9.17, 15) is 0 Å². The lowest BCUT2D eigenvalue weighted by Crippen LogP contribution is -2.06. The molecule has 2 heterocycles. The Labute approximate surface area is 103 Å². The summed E-state index contributed by atoms with van der Waals surface area (Å²) in [6.07, 6.45) is 0. The average Bonchev–Trinajstić information content (AvgIpc) is 2.75. The smallest absolute Gasteiger partial charge is 0.195 e. The maximum absolute atomic E-state index is 5.22. The van der Waals surface area contributed by atoms with Crippen LogP contribution in [0, 0.1) is 17.6 Å². The molecule has 1 N–H and O–H groups in total. The normalized spacial score (nSPS) is 11.2. The maximum atomic E-state index is 5.22. The highest BCUT2D eigenvalue weighted by Crippen LogP contribution is 2.20. The van der Waals surface area contributed by atoms with Gasteiger partial charge in [0.25, 0.3) is 0 Å². The second kappa shape index (κ2) is 4.47. The minimum Gasteiger partial charge on any atom is -0.299 e. The quantitative estimate of drug-likeness (QED) is 0.856. The summed E-state index contributed by atoms with van der Waals surface area (Å²) >= 11 is 6.84. The molecule has 6 heteroatoms. The predicted octanol–water partition coefficient (Wildman–Crippen LogP) is 3.03. The van der Waals surface area contributed by atoms with Gasteiger partial charge in [0.15, 0.2) is 10.6 Å². The van der Waals surface area contributed by atoms with Crippen LogP contribution >= 0.6 is 23.6 Å². The van der Waals surface area contributed by atoms with E-state index >= 15 is 0 Å². The van der Waals surface area contributed by atoms with Crippen molar-refractivity contribution in [2.75, 3.05) is 0 Å². The number of aromatic amines is 1. The molecule has 0 amide bonds. The highest BCUT2D eigenvalue weighted by atomic mass is 32.1. The second-order valence-corrected chi connectivity index (χ2v) is 5.56. The first kappa shape index (κ1) is 11.5. The van der Waals surface area contributed by atoms with Gasteiger partial charge in [-0.25, -0.2) is 4.98 Å². The summed E-state index contributed by atoms with van der Waals surface area (Å²) in [4.78, 5) is 4.43. The molecular weight excluding hydrogens is 240 g/mol. The molecule has 2 aromatic heterocycles. The fourth-order valence-electron chi connectivity index (χ4n) is 1.51. The van der Waals surface area contributed by atoms with Crippen molar-refractivity contribution in [3.63, 3.8) is 0 Å². The van der Waals surface area contributed by atoms with Gasteiger partial charge in [0.05, 0.1) is 5.01 Å². The molecule has 0 radical (unpaired) electrons. The molecule has 0 spiro atoms. The van der Waals surface area contributed by atoms with Crippen LogP contribution in [0.25, 0.3) is 11.5 Å². The number of hydrogen-bond donors (Lipinski definition) is 1. The van der Waals surface area contributed by atoms with Crippen molar-refractivity contribution < 1.29 is 0 Å². The van der Waals surface area contributed by atoms with Crippen molar-refractivity contribution >= 4 is 23.6 Å². The van der Waals surface area contributed by atoms with Crippen LogP contribution in [0.2, 0.25) is 0 Å². The zero-order valence-corrected chi connectivity index (χ0v) is 11.2. The molecule has 0 unspecified atom stereocenters. The molecular formula is C10H14N4S2. The van der Waals surface area contributed by atoms with E-state index in [0.29, 0.717) is 10.7 Å². The van der Waals surface area contributed by atoms with Gasteiger partial charge in [-0.1, -0.05) is 13.8 Å². The molecule has 0 aliphatic rings. The van der Waals surface area contributed by atoms with E-state index in [1.807, 2.05) is 16.9 Å². The first-order valence-corrected chi connectivity index (χ1v) is 6.44. The maximum Gasteiger partial charge on any atom is 0.195 e. The lowest BCUT2D eigenvalue weighted by molar-refractivity contribution is 0.521. The molecule has 4 nitrogen and oxygen atoms in total. The third-order valence-corrected chi connectivity index (χ3v) is 3.24. The van der Waals surface area contributed by atoms with Crippen LogP contribution in [0.4, 0.5) is 0 Å². The minimum absolute atomic E-state index is 0.530. The summed E-state index contributed by atoms with van der Waals surface area (Å²) in [7, 11) is 0. The van der Waals surface area contributed by atoms with Crippen LogP contribution in [0.15, 0.2) is 5.38 Å². The van der Waals surface area contributed by atoms with Gasteiger partial charge < -0.3 is 0 Å². The van der Waals surface area contributed by atoms with E-state index in [0.717, 1.165) is 23.1 Å². The SMILES string of the molecule is Cc1nc(-c2n[nH]c(=S)n2CC(C)C)cs1. The Kier molecular flexibility index (Phi) is 3.20. The van der Waals surface area contributed by atoms with Gasteiger partial charge in [-0.3, -0.25) is 9.67 Å². The highest BCUT2D eigenvalue weighted by molar-refractivity contribution is 7.71. The Morgan fingerprint density at radius 2 is 2.31 bits per heavy atom. The number of thiazole rings is 1. The van der Waals surface area contributed by atoms with Crippen molar-refractivity contribution in [3.05, 3.63) is 15.2 Å². The Hall–Kier alpha value is -1.01. The summed E-state index contributed by atoms with van der Waals surface area (Å²) in [6, 6.07) is 0. The van der Waals surface area contributed by atoms with Gasteiger partial charge in [-0.15, -0.1) is 11.3 Å². The molecule has 0 aliphatic carbocycles. The summed E-state index contributed by atoms with van der Waals surface area (Å²) in [5.41, 5.74) is 0.899. The lowest BCUT2D eigenvalue weighted by Gasteiger charge is -2.07. The molecule has 0 atom stereocenters. The van der Waals surface area contributed by atoms with Crippen LogP contribution < -0.4 is 0 Å². The van der Waals surface area contributed by atoms with Gasteiger partial charge in [0, 0.05) is 11.9 Å². The summed E-state index contributed by atoms with van der Waals surface area (Å²) in [6.45, 7) is 7.17. The molecule has 2 rings (SSSR count). The molecule has 0 aliphatic heterocycles. The van der Waals surface area contributed by atoms with Crippen molar-refractivity contribution in [1.82, 2.24) is 19.7 Å². The average molecular weight is 254 g/mol. The Bertz CT molecular complexity index is 535. The third-order valence-electron chi connectivity index (χ3n) is 2.15. The van der Waals surface area contributed by atoms with Crippen LogP contribution in [0.1, 0.15) is 18.9 Å². The van der Waals surface area contributed by atoms with Crippen LogP contribution in [-0.4, -0.2) is 19.7 Å². The number of aryl methyl sites for hydroxylation is 1. The highest BCUT2D eigenvalue weighted by Gasteiger charge is 2.12. The molecule has 86 valence electrons. The van der Waals surface area contributed by atoms with Gasteiger partial charge >= 0.3 is 0 Å². The van der Waals surface area contributed by atoms with Crippen LogP contribution in [-0.2, 0) is 6.54 Å². The van der Waals surface area contributed by atoms with Crippen molar-refractivity contribution in [2.24, 2.45) is 5.92 Å². The van der Waals surface area contributed by atoms with Crippen molar-refractivity contribution in [1.29, 1.82) is 0 Å². The Balaban J connectivity index is 2.45. The zero-order chi connectivity index (χ0) is 11.7. The van der Waals surface area contributed by atoms with E-state index in [2.05, 4.69) is 29.0 Å². The standard InChI is InChI=1S/C10H14N4S2/c1-6(2)4-14-9(12-13-10(14)15)8-5-16-7(3)11-8/h5-6H,4H2,1-3H3,(H,13,15). The van der Waals surface area contributed by atoms with E-state index in [1.54, 1.807) is 11.3 Å². The first-order valence-electron chi connectivity index (χ1n) is 5.15. The summed E-state index contributed by atoms with van der Waals surface area (Å²) in [5.74, 6) is 1.37. The number of H-pyrrole nitrogens is 1. The predicted molar refractivity (Wildman–Crippen MR) is 68.1 cm³/mol. The van der Waals surface area contributed by atoms with Crippen LogP contribution in [0.5, 0.6) is 0 Å². The molecule has 0 saturated heterocycles. The van der Waals surface area contributed by atoms with E-state index in [1.165, 1.54) is 0 Å².